The van der Waals surface area contributed by atoms with E-state index in [4.69, 9.17) is 5.73 Å². The Labute approximate surface area is 111 Å². The van der Waals surface area contributed by atoms with Gasteiger partial charge in [0.1, 0.15) is 5.82 Å². The molecule has 0 aliphatic heterocycles. The minimum absolute atomic E-state index is 0.682. The molecule has 19 heavy (non-hydrogen) atoms. The lowest BCUT2D eigenvalue weighted by atomic mass is 10.1. The number of fused-ring (bicyclic) bond motifs is 1. The maximum atomic E-state index is 5.75. The largest absolute Gasteiger partial charge is 0.399 e. The number of benzene rings is 1. The van der Waals surface area contributed by atoms with Gasteiger partial charge in [0.05, 0.1) is 11.2 Å². The fourth-order valence-corrected chi connectivity index (χ4v) is 2.00. The van der Waals surface area contributed by atoms with Crippen molar-refractivity contribution in [2.75, 3.05) is 11.1 Å². The number of aromatic nitrogens is 2. The molecule has 4 nitrogen and oxygen atoms in total. The molecule has 4 heteroatoms. The molecule has 3 N–H and O–H groups in total. The molecule has 0 saturated heterocycles. The normalized spacial score (nSPS) is 10.6. The highest BCUT2D eigenvalue weighted by atomic mass is 15.0. The third-order valence-electron chi connectivity index (χ3n) is 2.91. The Hall–Kier alpha value is -2.62. The van der Waals surface area contributed by atoms with Crippen LogP contribution in [0, 0.1) is 6.92 Å². The van der Waals surface area contributed by atoms with Crippen molar-refractivity contribution >= 4 is 28.1 Å². The van der Waals surface area contributed by atoms with Gasteiger partial charge in [-0.05, 0) is 25.1 Å². The number of rotatable bonds is 2. The van der Waals surface area contributed by atoms with E-state index >= 15 is 0 Å². The van der Waals surface area contributed by atoms with Crippen molar-refractivity contribution in [1.29, 1.82) is 0 Å². The van der Waals surface area contributed by atoms with Crippen LogP contribution in [0.1, 0.15) is 5.69 Å². The van der Waals surface area contributed by atoms with Crippen LogP contribution in [-0.4, -0.2) is 9.97 Å². The first-order valence-electron chi connectivity index (χ1n) is 6.07. The summed E-state index contributed by atoms with van der Waals surface area (Å²) < 4.78 is 0. The van der Waals surface area contributed by atoms with Crippen LogP contribution in [-0.2, 0) is 0 Å². The summed E-state index contributed by atoms with van der Waals surface area (Å²) in [5.41, 5.74) is 9.29. The molecule has 0 saturated carbocycles. The number of nitrogens with zero attached hydrogens (tertiary/aromatic N) is 2. The van der Waals surface area contributed by atoms with Gasteiger partial charge in [0.2, 0.25) is 0 Å². The van der Waals surface area contributed by atoms with Gasteiger partial charge in [0.25, 0.3) is 0 Å². The first kappa shape index (κ1) is 11.5. The van der Waals surface area contributed by atoms with E-state index in [0.29, 0.717) is 5.69 Å². The zero-order valence-electron chi connectivity index (χ0n) is 10.6. The molecule has 2 aromatic heterocycles. The van der Waals surface area contributed by atoms with Gasteiger partial charge in [-0.15, -0.1) is 0 Å². The number of aryl methyl sites for hydroxylation is 1. The van der Waals surface area contributed by atoms with Crippen LogP contribution >= 0.6 is 0 Å². The maximum Gasteiger partial charge on any atom is 0.132 e. The topological polar surface area (TPSA) is 63.8 Å². The Kier molecular flexibility index (Phi) is 2.76. The van der Waals surface area contributed by atoms with Crippen LogP contribution in [0.2, 0.25) is 0 Å². The molecule has 3 aromatic rings. The van der Waals surface area contributed by atoms with Gasteiger partial charge < -0.3 is 11.1 Å². The highest BCUT2D eigenvalue weighted by molar-refractivity contribution is 5.92. The molecule has 0 unspecified atom stereocenters. The second-order valence-electron chi connectivity index (χ2n) is 4.43. The molecule has 0 aliphatic carbocycles. The number of para-hydroxylation sites is 1. The predicted molar refractivity (Wildman–Crippen MR) is 78.4 cm³/mol. The predicted octanol–water partition coefficient (Wildman–Crippen LogP) is 3.26. The smallest absolute Gasteiger partial charge is 0.132 e. The summed E-state index contributed by atoms with van der Waals surface area (Å²) in [4.78, 5) is 8.82. The molecule has 0 radical (unpaired) electrons. The van der Waals surface area contributed by atoms with Crippen LogP contribution < -0.4 is 11.1 Å². The van der Waals surface area contributed by atoms with Gasteiger partial charge in [0.15, 0.2) is 0 Å². The highest BCUT2D eigenvalue weighted by Crippen LogP contribution is 2.24. The van der Waals surface area contributed by atoms with Gasteiger partial charge in [-0.3, -0.25) is 4.98 Å². The summed E-state index contributed by atoms with van der Waals surface area (Å²) in [5, 5.41) is 4.36. The summed E-state index contributed by atoms with van der Waals surface area (Å²) in [6.45, 7) is 1.98. The van der Waals surface area contributed by atoms with Crippen LogP contribution in [0.4, 0.5) is 17.2 Å². The van der Waals surface area contributed by atoms with Gasteiger partial charge in [-0.25, -0.2) is 4.98 Å². The Morgan fingerprint density at radius 1 is 1.11 bits per heavy atom. The van der Waals surface area contributed by atoms with Crippen molar-refractivity contribution < 1.29 is 0 Å². The molecule has 0 spiro atoms. The highest BCUT2D eigenvalue weighted by Gasteiger charge is 2.04. The number of anilines is 3. The Morgan fingerprint density at radius 3 is 2.84 bits per heavy atom. The molecule has 2 heterocycles. The summed E-state index contributed by atoms with van der Waals surface area (Å²) in [5.74, 6) is 0.718. The van der Waals surface area contributed by atoms with E-state index in [-0.39, 0.29) is 0 Å². The maximum absolute atomic E-state index is 5.75. The quantitative estimate of drug-likeness (QED) is 0.732. The third-order valence-corrected chi connectivity index (χ3v) is 2.91. The number of pyridine rings is 2. The molecule has 94 valence electrons. The first-order chi connectivity index (χ1) is 9.22. The van der Waals surface area contributed by atoms with Crippen LogP contribution in [0.5, 0.6) is 0 Å². The van der Waals surface area contributed by atoms with E-state index < -0.39 is 0 Å². The van der Waals surface area contributed by atoms with E-state index in [1.165, 1.54) is 0 Å². The van der Waals surface area contributed by atoms with Crippen molar-refractivity contribution in [1.82, 2.24) is 9.97 Å². The summed E-state index contributed by atoms with van der Waals surface area (Å²) in [6, 6.07) is 13.7. The Morgan fingerprint density at radius 2 is 2.00 bits per heavy atom. The van der Waals surface area contributed by atoms with Gasteiger partial charge in [-0.1, -0.05) is 18.2 Å². The average molecular weight is 250 g/mol. The van der Waals surface area contributed by atoms with E-state index in [1.54, 1.807) is 18.3 Å². The molecule has 0 aliphatic rings. The van der Waals surface area contributed by atoms with Crippen molar-refractivity contribution in [3.63, 3.8) is 0 Å². The number of hydrogen-bond acceptors (Lipinski definition) is 4. The van der Waals surface area contributed by atoms with Crippen molar-refractivity contribution in [3.8, 4) is 0 Å². The molecule has 0 fully saturated rings. The number of nitrogens with two attached hydrogens (primary N) is 1. The minimum atomic E-state index is 0.682. The van der Waals surface area contributed by atoms with Crippen molar-refractivity contribution in [2.24, 2.45) is 0 Å². The van der Waals surface area contributed by atoms with E-state index in [1.807, 2.05) is 31.2 Å². The van der Waals surface area contributed by atoms with E-state index in [9.17, 15) is 0 Å². The molecule has 0 amide bonds. The second kappa shape index (κ2) is 4.57. The SMILES string of the molecule is Cc1ccc2cccc(Nc3cc(N)ccn3)c2n1. The summed E-state index contributed by atoms with van der Waals surface area (Å²) in [6.07, 6.45) is 1.68. The lowest BCUT2D eigenvalue weighted by Crippen LogP contribution is -1.97. The number of nitrogens with one attached hydrogen (secondary N) is 1. The average Bonchev–Trinajstić information content (AvgIpc) is 2.39. The fourth-order valence-electron chi connectivity index (χ4n) is 2.00. The first-order valence-corrected chi connectivity index (χ1v) is 6.07. The summed E-state index contributed by atoms with van der Waals surface area (Å²) >= 11 is 0. The molecule has 0 atom stereocenters. The van der Waals surface area contributed by atoms with Gasteiger partial charge in [0, 0.05) is 29.0 Å². The van der Waals surface area contributed by atoms with Crippen molar-refractivity contribution in [2.45, 2.75) is 6.92 Å². The van der Waals surface area contributed by atoms with Gasteiger partial charge >= 0.3 is 0 Å². The lowest BCUT2D eigenvalue weighted by molar-refractivity contribution is 1.25. The third kappa shape index (κ3) is 2.33. The number of nitrogen functional groups attached to an aromatic ring is 1. The van der Waals surface area contributed by atoms with E-state index in [0.717, 1.165) is 28.1 Å². The lowest BCUT2D eigenvalue weighted by Gasteiger charge is -2.09. The van der Waals surface area contributed by atoms with Crippen LogP contribution in [0.15, 0.2) is 48.7 Å². The fraction of sp³-hybridized carbons (Fsp3) is 0.0667. The molecule has 3 rings (SSSR count). The summed E-state index contributed by atoms with van der Waals surface area (Å²) in [7, 11) is 0. The zero-order valence-corrected chi connectivity index (χ0v) is 10.6. The van der Waals surface area contributed by atoms with Gasteiger partial charge in [-0.2, -0.15) is 0 Å². The molecule has 1 aromatic carbocycles. The second-order valence-corrected chi connectivity index (χ2v) is 4.43. The standard InChI is InChI=1S/C15H14N4/c1-10-5-6-11-3-2-4-13(15(11)18-10)19-14-9-12(16)7-8-17-14/h2-9H,1H3,(H3,16,17,19). The van der Waals surface area contributed by atoms with Crippen molar-refractivity contribution in [3.05, 3.63) is 54.4 Å². The zero-order chi connectivity index (χ0) is 13.2. The monoisotopic (exact) mass is 250 g/mol. The van der Waals surface area contributed by atoms with Crippen LogP contribution in [0.25, 0.3) is 10.9 Å². The molecular formula is C15H14N4. The Bertz CT molecular complexity index is 737. The number of hydrogen-bond donors (Lipinski definition) is 2. The Balaban J connectivity index is 2.07. The minimum Gasteiger partial charge on any atom is -0.399 e. The molecule has 0 bridgehead atoms. The van der Waals surface area contributed by atoms with E-state index in [2.05, 4.69) is 21.4 Å². The van der Waals surface area contributed by atoms with Crippen LogP contribution in [0.3, 0.4) is 0 Å². The molecular weight excluding hydrogens is 236 g/mol.